The van der Waals surface area contributed by atoms with Crippen molar-refractivity contribution in [3.8, 4) is 0 Å². The Labute approximate surface area is 112 Å². The van der Waals surface area contributed by atoms with Crippen LogP contribution in [0, 0.1) is 5.41 Å². The van der Waals surface area contributed by atoms with Crippen molar-refractivity contribution in [3.63, 3.8) is 0 Å². The zero-order chi connectivity index (χ0) is 13.0. The van der Waals surface area contributed by atoms with Gasteiger partial charge in [-0.05, 0) is 0 Å². The fraction of sp³-hybridized carbons (Fsp3) is 1.00. The summed E-state index contributed by atoms with van der Waals surface area (Å²) < 4.78 is 65.8. The minimum Gasteiger partial charge on any atom is -0.350 e. The van der Waals surface area contributed by atoms with E-state index in [9.17, 15) is 17.6 Å². The summed E-state index contributed by atoms with van der Waals surface area (Å²) in [7, 11) is 0. The lowest BCUT2D eigenvalue weighted by molar-refractivity contribution is -0.139. The third-order valence-electron chi connectivity index (χ3n) is 1.94. The van der Waals surface area contributed by atoms with Crippen LogP contribution >= 0.6 is 0 Å². The van der Waals surface area contributed by atoms with Crippen LogP contribution in [0.3, 0.4) is 0 Å². The molecule has 0 radical (unpaired) electrons. The van der Waals surface area contributed by atoms with Crippen molar-refractivity contribution in [3.05, 3.63) is 0 Å². The van der Waals surface area contributed by atoms with Gasteiger partial charge in [0, 0.05) is 0 Å². The molecule has 0 spiro atoms. The quantitative estimate of drug-likeness (QED) is 0.519. The molecule has 0 heterocycles. The summed E-state index contributed by atoms with van der Waals surface area (Å²) >= 11 is 0. The molecule has 8 heteroatoms. The van der Waals surface area contributed by atoms with E-state index in [2.05, 4.69) is 18.9 Å². The van der Waals surface area contributed by atoms with Gasteiger partial charge < -0.3 is 18.9 Å². The molecule has 0 aliphatic heterocycles. The van der Waals surface area contributed by atoms with Crippen molar-refractivity contribution in [1.82, 2.24) is 0 Å². The number of halogens is 4. The Kier molecular flexibility index (Phi) is 19.4. The van der Waals surface area contributed by atoms with E-state index >= 15 is 0 Å². The van der Waals surface area contributed by atoms with Crippen LogP contribution in [0.25, 0.3) is 0 Å². The molecule has 0 atom stereocenters. The van der Waals surface area contributed by atoms with Crippen molar-refractivity contribution in [1.29, 1.82) is 0 Å². The van der Waals surface area contributed by atoms with Crippen LogP contribution in [0.2, 0.25) is 0 Å². The van der Waals surface area contributed by atoms with E-state index < -0.39 is 32.9 Å². The third kappa shape index (κ3) is 11.1. The van der Waals surface area contributed by atoms with Crippen LogP contribution in [0.5, 0.6) is 0 Å². The molecule has 0 aliphatic carbocycles. The molecular formula is C11H24F4O4. The monoisotopic (exact) mass is 296 g/mol. The van der Waals surface area contributed by atoms with E-state index in [1.54, 1.807) is 0 Å². The second-order valence-electron chi connectivity index (χ2n) is 3.33. The van der Waals surface area contributed by atoms with Gasteiger partial charge in [0.1, 0.15) is 0 Å². The van der Waals surface area contributed by atoms with Crippen LogP contribution in [-0.2, 0) is 18.9 Å². The van der Waals surface area contributed by atoms with Crippen molar-refractivity contribution < 1.29 is 36.5 Å². The number of rotatable bonds is 12. The predicted molar refractivity (Wildman–Crippen MR) is 63.6 cm³/mol. The zero-order valence-electron chi connectivity index (χ0n) is 9.30. The Morgan fingerprint density at radius 2 is 0.737 bits per heavy atom. The van der Waals surface area contributed by atoms with Gasteiger partial charge in [0.15, 0.2) is 27.4 Å². The summed E-state index contributed by atoms with van der Waals surface area (Å²) in [6, 6.07) is 0. The highest BCUT2D eigenvalue weighted by Gasteiger charge is 2.32. The first-order chi connectivity index (χ1) is 8.24. The highest BCUT2D eigenvalue weighted by Crippen LogP contribution is 2.21. The minimum atomic E-state index is -1.14. The fourth-order valence-corrected chi connectivity index (χ4v) is 1.27. The number of hydrogen-bond acceptors (Lipinski definition) is 4. The minimum absolute atomic E-state index is 0. The van der Waals surface area contributed by atoms with Gasteiger partial charge in [-0.3, -0.25) is 0 Å². The van der Waals surface area contributed by atoms with Crippen LogP contribution in [0.1, 0.15) is 14.9 Å². The Morgan fingerprint density at radius 1 is 0.526 bits per heavy atom. The maximum Gasteiger partial charge on any atom is 0.188 e. The number of alkyl halides is 4. The Hall–Kier alpha value is -0.440. The maximum atomic E-state index is 11.9. The van der Waals surface area contributed by atoms with Crippen LogP contribution < -0.4 is 0 Å². The zero-order valence-corrected chi connectivity index (χ0v) is 9.30. The fourth-order valence-electron chi connectivity index (χ4n) is 1.27. The molecule has 0 N–H and O–H groups in total. The molecule has 0 aliphatic rings. The van der Waals surface area contributed by atoms with Gasteiger partial charge in [0.05, 0.1) is 31.8 Å². The molecule has 0 aromatic rings. The van der Waals surface area contributed by atoms with E-state index in [0.717, 1.165) is 0 Å². The predicted octanol–water partition coefficient (Wildman–Crippen LogP) is 3.02. The van der Waals surface area contributed by atoms with Crippen molar-refractivity contribution in [2.45, 2.75) is 14.9 Å². The molecule has 120 valence electrons. The highest BCUT2D eigenvalue weighted by atomic mass is 19.1. The first-order valence-corrected chi connectivity index (χ1v) is 4.79. The molecular weight excluding hydrogens is 272 g/mol. The van der Waals surface area contributed by atoms with Gasteiger partial charge in [0.25, 0.3) is 0 Å². The van der Waals surface area contributed by atoms with Crippen molar-refractivity contribution in [2.24, 2.45) is 5.41 Å². The summed E-state index contributed by atoms with van der Waals surface area (Å²) in [6.45, 7) is -5.36. The highest BCUT2D eigenvalue weighted by molar-refractivity contribution is 4.78. The van der Waals surface area contributed by atoms with Crippen molar-refractivity contribution >= 4 is 0 Å². The van der Waals surface area contributed by atoms with Crippen molar-refractivity contribution in [2.75, 3.05) is 53.9 Å². The molecule has 0 unspecified atom stereocenters. The molecule has 0 fully saturated rings. The molecule has 0 bridgehead atoms. The lowest BCUT2D eigenvalue weighted by Gasteiger charge is -2.31. The lowest BCUT2D eigenvalue weighted by Crippen LogP contribution is -2.41. The number of ether oxygens (including phenoxy) is 4. The van der Waals surface area contributed by atoms with Crippen LogP contribution in [0.4, 0.5) is 17.6 Å². The van der Waals surface area contributed by atoms with Gasteiger partial charge in [0.2, 0.25) is 0 Å². The largest absolute Gasteiger partial charge is 0.350 e. The molecule has 4 nitrogen and oxygen atoms in total. The van der Waals surface area contributed by atoms with Gasteiger partial charge in [-0.25, -0.2) is 17.6 Å². The Bertz CT molecular complexity index is 137. The number of hydrogen-bond donors (Lipinski definition) is 0. The first kappa shape index (κ1) is 23.6. The molecule has 0 amide bonds. The second kappa shape index (κ2) is 15.6. The maximum absolute atomic E-state index is 11.9. The van der Waals surface area contributed by atoms with Gasteiger partial charge in [-0.2, -0.15) is 0 Å². The summed E-state index contributed by atoms with van der Waals surface area (Å²) in [6.07, 6.45) is 0. The summed E-state index contributed by atoms with van der Waals surface area (Å²) in [5.41, 5.74) is -1.14. The summed E-state index contributed by atoms with van der Waals surface area (Å²) in [4.78, 5) is 0. The standard InChI is InChI=1S/C9H16F4O4.2CH4/c10-5-14-1-9(2-15-6-11,3-16-7-12)4-17-8-13;;/h1-8H2;2*1H4. The average molecular weight is 296 g/mol. The Balaban J connectivity index is -0.00000128. The summed E-state index contributed by atoms with van der Waals surface area (Å²) in [5, 5.41) is 0. The van der Waals surface area contributed by atoms with E-state index in [1.165, 1.54) is 0 Å². The Morgan fingerprint density at radius 3 is 0.895 bits per heavy atom. The first-order valence-electron chi connectivity index (χ1n) is 4.79. The van der Waals surface area contributed by atoms with Crippen LogP contribution in [0.15, 0.2) is 0 Å². The van der Waals surface area contributed by atoms with E-state index in [0.29, 0.717) is 0 Å². The van der Waals surface area contributed by atoms with Gasteiger partial charge in [-0.1, -0.05) is 14.9 Å². The van der Waals surface area contributed by atoms with E-state index in [-0.39, 0.29) is 41.3 Å². The van der Waals surface area contributed by atoms with Gasteiger partial charge >= 0.3 is 0 Å². The third-order valence-corrected chi connectivity index (χ3v) is 1.94. The van der Waals surface area contributed by atoms with E-state index in [1.807, 2.05) is 0 Å². The smallest absolute Gasteiger partial charge is 0.188 e. The lowest BCUT2D eigenvalue weighted by atomic mass is 9.92. The summed E-state index contributed by atoms with van der Waals surface area (Å²) in [5.74, 6) is 0. The SMILES string of the molecule is C.C.FCOCC(COCF)(COCF)COCF. The topological polar surface area (TPSA) is 36.9 Å². The van der Waals surface area contributed by atoms with Crippen LogP contribution in [-0.4, -0.2) is 53.9 Å². The molecule has 0 rings (SSSR count). The normalized spacial score (nSPS) is 10.7. The van der Waals surface area contributed by atoms with Gasteiger partial charge in [-0.15, -0.1) is 0 Å². The average Bonchev–Trinajstić information content (AvgIpc) is 2.37. The molecule has 0 saturated heterocycles. The molecule has 0 saturated carbocycles. The van der Waals surface area contributed by atoms with E-state index in [4.69, 9.17) is 0 Å². The second-order valence-corrected chi connectivity index (χ2v) is 3.33. The molecule has 19 heavy (non-hydrogen) atoms. The molecule has 0 aromatic carbocycles. The molecule has 0 aromatic heterocycles.